The average molecular weight is 203 g/mol. The molecule has 0 spiro atoms. The van der Waals surface area contributed by atoms with Crippen molar-refractivity contribution in [2.45, 2.75) is 19.4 Å². The van der Waals surface area contributed by atoms with Crippen molar-refractivity contribution in [3.63, 3.8) is 0 Å². The van der Waals surface area contributed by atoms with Crippen molar-refractivity contribution in [2.24, 2.45) is 5.73 Å². The molecule has 6 nitrogen and oxygen atoms in total. The molecule has 2 amide bonds. The van der Waals surface area contributed by atoms with Crippen LogP contribution in [-0.2, 0) is 9.59 Å². The molecule has 0 aromatic heterocycles. The zero-order valence-corrected chi connectivity index (χ0v) is 8.25. The molecule has 0 heterocycles. The van der Waals surface area contributed by atoms with Crippen molar-refractivity contribution < 1.29 is 14.7 Å². The highest BCUT2D eigenvalue weighted by molar-refractivity contribution is 5.80. The minimum atomic E-state index is -1.31. The van der Waals surface area contributed by atoms with Crippen molar-refractivity contribution >= 4 is 11.8 Å². The second-order valence-electron chi connectivity index (χ2n) is 2.83. The van der Waals surface area contributed by atoms with E-state index in [9.17, 15) is 9.59 Å². The number of carbonyl (C=O) groups excluding carboxylic acids is 2. The summed E-state index contributed by atoms with van der Waals surface area (Å²) in [6, 6.07) is 0. The van der Waals surface area contributed by atoms with E-state index in [0.717, 1.165) is 6.54 Å². The van der Waals surface area contributed by atoms with Crippen LogP contribution in [0.25, 0.3) is 0 Å². The first-order valence-electron chi connectivity index (χ1n) is 4.52. The number of primary amides is 1. The number of nitrogens with two attached hydrogens (primary N) is 1. The van der Waals surface area contributed by atoms with Crippen LogP contribution in [0, 0.1) is 0 Å². The molecule has 0 bridgehead atoms. The Morgan fingerprint density at radius 1 is 1.50 bits per heavy atom. The van der Waals surface area contributed by atoms with Gasteiger partial charge in [0.1, 0.15) is 6.10 Å². The summed E-state index contributed by atoms with van der Waals surface area (Å²) < 4.78 is 0. The van der Waals surface area contributed by atoms with Crippen LogP contribution in [0.4, 0.5) is 0 Å². The largest absolute Gasteiger partial charge is 0.381 e. The molecule has 0 aliphatic carbocycles. The van der Waals surface area contributed by atoms with Crippen LogP contribution in [0.2, 0.25) is 0 Å². The van der Waals surface area contributed by atoms with E-state index in [2.05, 4.69) is 10.6 Å². The number of aliphatic hydroxyl groups is 1. The molecule has 82 valence electrons. The van der Waals surface area contributed by atoms with Crippen molar-refractivity contribution in [3.8, 4) is 0 Å². The van der Waals surface area contributed by atoms with E-state index >= 15 is 0 Å². The Morgan fingerprint density at radius 2 is 2.14 bits per heavy atom. The fourth-order valence-electron chi connectivity index (χ4n) is 0.778. The molecule has 0 fully saturated rings. The van der Waals surface area contributed by atoms with Crippen LogP contribution in [0.3, 0.4) is 0 Å². The topological polar surface area (TPSA) is 104 Å². The molecule has 0 aliphatic heterocycles. The highest BCUT2D eigenvalue weighted by Gasteiger charge is 2.11. The van der Waals surface area contributed by atoms with Crippen LogP contribution >= 0.6 is 0 Å². The van der Waals surface area contributed by atoms with Crippen molar-refractivity contribution in [3.05, 3.63) is 0 Å². The number of amides is 2. The minimum Gasteiger partial charge on any atom is -0.381 e. The summed E-state index contributed by atoms with van der Waals surface area (Å²) >= 11 is 0. The van der Waals surface area contributed by atoms with Crippen molar-refractivity contribution in [2.75, 3.05) is 19.6 Å². The van der Waals surface area contributed by atoms with Gasteiger partial charge < -0.3 is 21.5 Å². The highest BCUT2D eigenvalue weighted by atomic mass is 16.3. The second-order valence-corrected chi connectivity index (χ2v) is 2.83. The minimum absolute atomic E-state index is 0.125. The predicted octanol–water partition coefficient (Wildman–Crippen LogP) is -2.05. The molecule has 0 rings (SSSR count). The Hall–Kier alpha value is -1.14. The number of hydrogen-bond acceptors (Lipinski definition) is 4. The van der Waals surface area contributed by atoms with Gasteiger partial charge in [-0.1, -0.05) is 6.92 Å². The van der Waals surface area contributed by atoms with Crippen LogP contribution in [0.1, 0.15) is 13.3 Å². The van der Waals surface area contributed by atoms with Gasteiger partial charge in [-0.25, -0.2) is 0 Å². The third kappa shape index (κ3) is 6.38. The number of nitrogens with one attached hydrogen (secondary N) is 2. The normalized spacial score (nSPS) is 12.1. The SMILES string of the molecule is CCNCCC(=O)NCC(O)C(N)=O. The lowest BCUT2D eigenvalue weighted by atomic mass is 10.3. The number of rotatable bonds is 7. The van der Waals surface area contributed by atoms with E-state index in [4.69, 9.17) is 10.8 Å². The van der Waals surface area contributed by atoms with E-state index in [1.54, 1.807) is 0 Å². The zero-order chi connectivity index (χ0) is 11.0. The first-order valence-corrected chi connectivity index (χ1v) is 4.52. The monoisotopic (exact) mass is 203 g/mol. The average Bonchev–Trinajstić information content (AvgIpc) is 2.14. The van der Waals surface area contributed by atoms with Crippen LogP contribution in [-0.4, -0.2) is 42.7 Å². The summed E-state index contributed by atoms with van der Waals surface area (Å²) in [5, 5.41) is 14.3. The fourth-order valence-corrected chi connectivity index (χ4v) is 0.778. The van der Waals surface area contributed by atoms with Crippen molar-refractivity contribution in [1.29, 1.82) is 0 Å². The Labute approximate surface area is 82.9 Å². The van der Waals surface area contributed by atoms with E-state index < -0.39 is 12.0 Å². The Kier molecular flexibility index (Phi) is 6.69. The molecule has 0 saturated carbocycles. The fraction of sp³-hybridized carbons (Fsp3) is 0.750. The second kappa shape index (κ2) is 7.28. The van der Waals surface area contributed by atoms with Crippen molar-refractivity contribution in [1.82, 2.24) is 10.6 Å². The highest BCUT2D eigenvalue weighted by Crippen LogP contribution is 1.81. The lowest BCUT2D eigenvalue weighted by Crippen LogP contribution is -2.40. The van der Waals surface area contributed by atoms with Crippen LogP contribution < -0.4 is 16.4 Å². The summed E-state index contributed by atoms with van der Waals surface area (Å²) in [4.78, 5) is 21.4. The molecule has 14 heavy (non-hydrogen) atoms. The van der Waals surface area contributed by atoms with Gasteiger partial charge in [0.25, 0.3) is 0 Å². The molecule has 0 radical (unpaired) electrons. The van der Waals surface area contributed by atoms with E-state index in [0.29, 0.717) is 13.0 Å². The Morgan fingerprint density at radius 3 is 2.64 bits per heavy atom. The maximum atomic E-state index is 11.0. The predicted molar refractivity (Wildman–Crippen MR) is 51.4 cm³/mol. The van der Waals surface area contributed by atoms with Gasteiger partial charge in [0.15, 0.2) is 0 Å². The smallest absolute Gasteiger partial charge is 0.248 e. The van der Waals surface area contributed by atoms with Gasteiger partial charge in [-0.2, -0.15) is 0 Å². The molecule has 0 saturated heterocycles. The maximum absolute atomic E-state index is 11.0. The van der Waals surface area contributed by atoms with Crippen LogP contribution in [0.5, 0.6) is 0 Å². The molecule has 1 unspecified atom stereocenters. The van der Waals surface area contributed by atoms with Gasteiger partial charge in [-0.15, -0.1) is 0 Å². The molecule has 0 aromatic carbocycles. The summed E-state index contributed by atoms with van der Waals surface area (Å²) in [6.07, 6.45) is -0.989. The summed E-state index contributed by atoms with van der Waals surface area (Å²) in [7, 11) is 0. The summed E-state index contributed by atoms with van der Waals surface area (Å²) in [6.45, 7) is 3.20. The number of carbonyl (C=O) groups is 2. The Balaban J connectivity index is 3.48. The standard InChI is InChI=1S/C8H17N3O3/c1-2-10-4-3-7(13)11-5-6(12)8(9)14/h6,10,12H,2-5H2,1H3,(H2,9,14)(H,11,13). The van der Waals surface area contributed by atoms with Gasteiger partial charge >= 0.3 is 0 Å². The summed E-state index contributed by atoms with van der Waals surface area (Å²) in [5.41, 5.74) is 4.79. The molecule has 0 aliphatic rings. The first-order chi connectivity index (χ1) is 6.57. The van der Waals surface area contributed by atoms with E-state index in [1.165, 1.54) is 0 Å². The molecular weight excluding hydrogens is 186 g/mol. The van der Waals surface area contributed by atoms with E-state index in [-0.39, 0.29) is 12.5 Å². The number of hydrogen-bond donors (Lipinski definition) is 4. The maximum Gasteiger partial charge on any atom is 0.248 e. The van der Waals surface area contributed by atoms with Gasteiger partial charge in [-0.3, -0.25) is 9.59 Å². The zero-order valence-electron chi connectivity index (χ0n) is 8.25. The lowest BCUT2D eigenvalue weighted by molar-refractivity contribution is -0.127. The van der Waals surface area contributed by atoms with Gasteiger partial charge in [0.05, 0.1) is 6.54 Å². The molecule has 1 atom stereocenters. The summed E-state index contributed by atoms with van der Waals surface area (Å²) in [5.74, 6) is -1.05. The lowest BCUT2D eigenvalue weighted by Gasteiger charge is -2.08. The third-order valence-electron chi connectivity index (χ3n) is 1.60. The van der Waals surface area contributed by atoms with Gasteiger partial charge in [0, 0.05) is 13.0 Å². The van der Waals surface area contributed by atoms with Gasteiger partial charge in [0.2, 0.25) is 11.8 Å². The molecule has 0 aromatic rings. The third-order valence-corrected chi connectivity index (χ3v) is 1.60. The number of aliphatic hydroxyl groups excluding tert-OH is 1. The van der Waals surface area contributed by atoms with Gasteiger partial charge in [-0.05, 0) is 6.54 Å². The Bertz CT molecular complexity index is 196. The molecule has 6 heteroatoms. The van der Waals surface area contributed by atoms with Crippen LogP contribution in [0.15, 0.2) is 0 Å². The molecular formula is C8H17N3O3. The molecule has 5 N–H and O–H groups in total. The van der Waals surface area contributed by atoms with E-state index in [1.807, 2.05) is 6.92 Å². The first kappa shape index (κ1) is 12.9. The quantitative estimate of drug-likeness (QED) is 0.357.